The number of carbonyl (C=O) groups excluding carboxylic acids is 1. The van der Waals surface area contributed by atoms with E-state index < -0.39 is 0 Å². The van der Waals surface area contributed by atoms with Gasteiger partial charge in [-0.05, 0) is 24.3 Å². The van der Waals surface area contributed by atoms with Crippen LogP contribution >= 0.6 is 15.9 Å². The zero-order valence-electron chi connectivity index (χ0n) is 8.51. The number of rotatable bonds is 2. The average Bonchev–Trinajstić information content (AvgIpc) is 2.20. The first-order valence-electron chi connectivity index (χ1n) is 4.67. The second-order valence-corrected chi connectivity index (χ2v) is 3.96. The molecule has 0 aliphatic heterocycles. The summed E-state index contributed by atoms with van der Waals surface area (Å²) in [5.41, 5.74) is 0.987. The summed E-state index contributed by atoms with van der Waals surface area (Å²) in [5, 5.41) is 2.69. The Kier molecular flexibility index (Phi) is 4.92. The maximum atomic E-state index is 10.5. The van der Waals surface area contributed by atoms with Gasteiger partial charge in [-0.15, -0.1) is 0 Å². The predicted molar refractivity (Wildman–Crippen MR) is 64.3 cm³/mol. The van der Waals surface area contributed by atoms with Gasteiger partial charge in [-0.25, -0.2) is 0 Å². The van der Waals surface area contributed by atoms with Gasteiger partial charge in [0.15, 0.2) is 0 Å². The first-order valence-corrected chi connectivity index (χ1v) is 5.46. The molecule has 3 heteroatoms. The summed E-state index contributed by atoms with van der Waals surface area (Å²) < 4.78 is 1.05. The fourth-order valence-corrected chi connectivity index (χ4v) is 1.26. The van der Waals surface area contributed by atoms with Gasteiger partial charge in [-0.3, -0.25) is 4.79 Å². The Morgan fingerprint density at radius 2 is 2.07 bits per heavy atom. The Bertz CT molecular complexity index is 386. The van der Waals surface area contributed by atoms with Crippen LogP contribution in [0.2, 0.25) is 0 Å². The Morgan fingerprint density at radius 1 is 1.40 bits per heavy atom. The first kappa shape index (κ1) is 11.8. The summed E-state index contributed by atoms with van der Waals surface area (Å²) in [5.74, 6) is 6.01. The summed E-state index contributed by atoms with van der Waals surface area (Å²) in [6, 6.07) is 7.82. The molecule has 0 spiro atoms. The first-order chi connectivity index (χ1) is 7.18. The minimum atomic E-state index is -0.0135. The van der Waals surface area contributed by atoms with Crippen LogP contribution in [0.4, 0.5) is 0 Å². The van der Waals surface area contributed by atoms with E-state index in [1.165, 1.54) is 6.92 Å². The summed E-state index contributed by atoms with van der Waals surface area (Å²) in [6.45, 7) is 2.11. The van der Waals surface area contributed by atoms with Crippen LogP contribution in [0.25, 0.3) is 0 Å². The highest BCUT2D eigenvalue weighted by Gasteiger charge is 1.88. The number of hydrogen-bond acceptors (Lipinski definition) is 1. The molecule has 0 heterocycles. The lowest BCUT2D eigenvalue weighted by Gasteiger charge is -1.94. The summed E-state index contributed by atoms with van der Waals surface area (Å²) in [7, 11) is 0. The third-order valence-electron chi connectivity index (χ3n) is 1.70. The van der Waals surface area contributed by atoms with E-state index in [-0.39, 0.29) is 5.91 Å². The van der Waals surface area contributed by atoms with Gasteiger partial charge in [-0.2, -0.15) is 0 Å². The van der Waals surface area contributed by atoms with Gasteiger partial charge in [0.2, 0.25) is 5.91 Å². The van der Waals surface area contributed by atoms with Crippen LogP contribution < -0.4 is 5.32 Å². The topological polar surface area (TPSA) is 29.1 Å². The van der Waals surface area contributed by atoms with Gasteiger partial charge in [-0.1, -0.05) is 27.8 Å². The minimum absolute atomic E-state index is 0.0135. The van der Waals surface area contributed by atoms with Crippen LogP contribution in [0.5, 0.6) is 0 Å². The van der Waals surface area contributed by atoms with Gasteiger partial charge in [0.25, 0.3) is 0 Å². The Balaban J connectivity index is 2.38. The van der Waals surface area contributed by atoms with Crippen LogP contribution in [0.1, 0.15) is 18.9 Å². The van der Waals surface area contributed by atoms with Crippen molar-refractivity contribution in [3.63, 3.8) is 0 Å². The minimum Gasteiger partial charge on any atom is -0.355 e. The molecule has 0 radical (unpaired) electrons. The molecular weight excluding hydrogens is 254 g/mol. The molecule has 1 N–H and O–H groups in total. The van der Waals surface area contributed by atoms with E-state index in [9.17, 15) is 4.79 Å². The maximum absolute atomic E-state index is 10.5. The number of carbonyl (C=O) groups is 1. The zero-order valence-corrected chi connectivity index (χ0v) is 10.1. The van der Waals surface area contributed by atoms with Gasteiger partial charge in [0.05, 0.1) is 0 Å². The number of nitrogens with one attached hydrogen (secondary N) is 1. The van der Waals surface area contributed by atoms with E-state index in [1.54, 1.807) is 0 Å². The molecule has 78 valence electrons. The molecule has 1 aromatic rings. The largest absolute Gasteiger partial charge is 0.355 e. The van der Waals surface area contributed by atoms with Crippen LogP contribution in [-0.4, -0.2) is 12.5 Å². The summed E-state index contributed by atoms with van der Waals surface area (Å²) >= 11 is 3.36. The van der Waals surface area contributed by atoms with Crippen molar-refractivity contribution in [3.8, 4) is 11.8 Å². The van der Waals surface area contributed by atoms with E-state index in [1.807, 2.05) is 24.3 Å². The molecule has 0 unspecified atom stereocenters. The predicted octanol–water partition coefficient (Wildman–Crippen LogP) is 2.33. The molecule has 0 bridgehead atoms. The van der Waals surface area contributed by atoms with Crippen molar-refractivity contribution < 1.29 is 4.79 Å². The number of halogens is 1. The Labute approximate surface area is 98.2 Å². The molecule has 0 fully saturated rings. The van der Waals surface area contributed by atoms with Crippen molar-refractivity contribution >= 4 is 21.8 Å². The van der Waals surface area contributed by atoms with Crippen molar-refractivity contribution in [2.75, 3.05) is 6.54 Å². The molecule has 0 aliphatic rings. The van der Waals surface area contributed by atoms with E-state index in [0.717, 1.165) is 10.0 Å². The van der Waals surface area contributed by atoms with Crippen molar-refractivity contribution in [3.05, 3.63) is 34.3 Å². The fourth-order valence-electron chi connectivity index (χ4n) is 0.999. The van der Waals surface area contributed by atoms with Crippen molar-refractivity contribution in [2.24, 2.45) is 0 Å². The lowest BCUT2D eigenvalue weighted by Crippen LogP contribution is -2.20. The molecular formula is C12H12BrNO. The quantitative estimate of drug-likeness (QED) is 0.646. The van der Waals surface area contributed by atoms with E-state index >= 15 is 0 Å². The van der Waals surface area contributed by atoms with E-state index in [4.69, 9.17) is 0 Å². The highest BCUT2D eigenvalue weighted by molar-refractivity contribution is 9.10. The van der Waals surface area contributed by atoms with Gasteiger partial charge < -0.3 is 5.32 Å². The fraction of sp³-hybridized carbons (Fsp3) is 0.250. The molecule has 15 heavy (non-hydrogen) atoms. The van der Waals surface area contributed by atoms with E-state index in [0.29, 0.717) is 13.0 Å². The van der Waals surface area contributed by atoms with Crippen LogP contribution in [0.15, 0.2) is 28.7 Å². The smallest absolute Gasteiger partial charge is 0.216 e. The maximum Gasteiger partial charge on any atom is 0.216 e. The van der Waals surface area contributed by atoms with Crippen LogP contribution in [-0.2, 0) is 4.79 Å². The highest BCUT2D eigenvalue weighted by atomic mass is 79.9. The Morgan fingerprint density at radius 3 is 2.67 bits per heavy atom. The second-order valence-electron chi connectivity index (χ2n) is 3.04. The standard InChI is InChI=1S/C12H12BrNO/c1-10(15)14-9-3-2-4-11-5-7-12(13)8-6-11/h5-8H,3,9H2,1H3,(H,14,15). The SMILES string of the molecule is CC(=O)NCCC#Cc1ccc(Br)cc1. The molecule has 1 aromatic carbocycles. The van der Waals surface area contributed by atoms with Gasteiger partial charge in [0, 0.05) is 29.9 Å². The average molecular weight is 266 g/mol. The van der Waals surface area contributed by atoms with Crippen molar-refractivity contribution in [1.82, 2.24) is 5.32 Å². The van der Waals surface area contributed by atoms with Gasteiger partial charge in [0.1, 0.15) is 0 Å². The lowest BCUT2D eigenvalue weighted by atomic mass is 10.2. The van der Waals surface area contributed by atoms with Crippen molar-refractivity contribution in [1.29, 1.82) is 0 Å². The molecule has 1 amide bonds. The summed E-state index contributed by atoms with van der Waals surface area (Å²) in [4.78, 5) is 10.5. The van der Waals surface area contributed by atoms with Gasteiger partial charge >= 0.3 is 0 Å². The molecule has 0 saturated heterocycles. The zero-order chi connectivity index (χ0) is 11.1. The normalized spacial score (nSPS) is 8.93. The molecule has 1 rings (SSSR count). The molecule has 0 atom stereocenters. The van der Waals surface area contributed by atoms with Crippen LogP contribution in [0, 0.1) is 11.8 Å². The highest BCUT2D eigenvalue weighted by Crippen LogP contribution is 2.09. The molecule has 0 saturated carbocycles. The Hall–Kier alpha value is -1.27. The van der Waals surface area contributed by atoms with E-state index in [2.05, 4.69) is 33.1 Å². The number of amides is 1. The van der Waals surface area contributed by atoms with Crippen LogP contribution in [0.3, 0.4) is 0 Å². The third kappa shape index (κ3) is 5.24. The molecule has 0 aromatic heterocycles. The third-order valence-corrected chi connectivity index (χ3v) is 2.23. The van der Waals surface area contributed by atoms with Crippen molar-refractivity contribution in [2.45, 2.75) is 13.3 Å². The molecule has 2 nitrogen and oxygen atoms in total. The summed E-state index contributed by atoms with van der Waals surface area (Å²) in [6.07, 6.45) is 0.676. The number of hydrogen-bond donors (Lipinski definition) is 1. The molecule has 0 aliphatic carbocycles. The monoisotopic (exact) mass is 265 g/mol. The lowest BCUT2D eigenvalue weighted by molar-refractivity contribution is -0.118. The number of benzene rings is 1. The second kappa shape index (κ2) is 6.26.